The van der Waals surface area contributed by atoms with Crippen molar-refractivity contribution in [1.82, 2.24) is 20.3 Å². The summed E-state index contributed by atoms with van der Waals surface area (Å²) in [7, 11) is 0. The van der Waals surface area contributed by atoms with Gasteiger partial charge in [-0.3, -0.25) is 14.9 Å². The molecule has 4 rings (SSSR count). The molecule has 142 valence electrons. The topological polar surface area (TPSA) is 81.6 Å². The molecule has 2 saturated heterocycles. The fourth-order valence-corrected chi connectivity index (χ4v) is 4.26. The number of amides is 1. The van der Waals surface area contributed by atoms with Gasteiger partial charge in [0.15, 0.2) is 0 Å². The van der Waals surface area contributed by atoms with Gasteiger partial charge in [-0.25, -0.2) is 15.4 Å². The number of likely N-dealkylation sites (tertiary alicyclic amines) is 1. The van der Waals surface area contributed by atoms with Crippen LogP contribution in [0.3, 0.4) is 0 Å². The van der Waals surface area contributed by atoms with Crippen molar-refractivity contribution in [3.05, 3.63) is 53.9 Å². The van der Waals surface area contributed by atoms with E-state index in [1.807, 2.05) is 0 Å². The fourth-order valence-electron chi connectivity index (χ4n) is 4.26. The average Bonchev–Trinajstić information content (AvgIpc) is 3.11. The van der Waals surface area contributed by atoms with Crippen molar-refractivity contribution in [1.29, 1.82) is 0 Å². The molecular formula is C20H25N5O2. The van der Waals surface area contributed by atoms with Gasteiger partial charge >= 0.3 is 0 Å². The number of aromatic nitrogens is 2. The quantitative estimate of drug-likeness (QED) is 0.636. The zero-order chi connectivity index (χ0) is 18.7. The lowest BCUT2D eigenvalue weighted by Gasteiger charge is -2.39. The maximum atomic E-state index is 11.4. The highest BCUT2D eigenvalue weighted by Crippen LogP contribution is 2.41. The summed E-state index contributed by atoms with van der Waals surface area (Å²) in [5.41, 5.74) is 3.64. The Balaban J connectivity index is 1.33. The molecule has 0 aliphatic carbocycles. The number of rotatable bonds is 4. The SMILES string of the molecule is O=C(NO)c1cnc(N2CCC3(CCN(Cc4ccccc4)C3)CC2)nc1. The summed E-state index contributed by atoms with van der Waals surface area (Å²) in [6.07, 6.45) is 6.44. The minimum Gasteiger partial charge on any atom is -0.341 e. The van der Waals surface area contributed by atoms with Crippen LogP contribution in [0.4, 0.5) is 5.95 Å². The Morgan fingerprint density at radius 1 is 1.07 bits per heavy atom. The Bertz CT molecular complexity index is 773. The number of hydrogen-bond acceptors (Lipinski definition) is 6. The molecule has 7 nitrogen and oxygen atoms in total. The van der Waals surface area contributed by atoms with Crippen molar-refractivity contribution in [2.24, 2.45) is 5.41 Å². The number of nitrogens with one attached hydrogen (secondary N) is 1. The lowest BCUT2D eigenvalue weighted by atomic mass is 9.78. The van der Waals surface area contributed by atoms with Gasteiger partial charge in [0.2, 0.25) is 5.95 Å². The van der Waals surface area contributed by atoms with E-state index in [2.05, 4.69) is 50.1 Å². The maximum absolute atomic E-state index is 11.4. The van der Waals surface area contributed by atoms with Crippen molar-refractivity contribution < 1.29 is 10.0 Å². The summed E-state index contributed by atoms with van der Waals surface area (Å²) >= 11 is 0. The molecule has 0 atom stereocenters. The van der Waals surface area contributed by atoms with Crippen molar-refractivity contribution >= 4 is 11.9 Å². The van der Waals surface area contributed by atoms with Gasteiger partial charge in [0.25, 0.3) is 5.91 Å². The van der Waals surface area contributed by atoms with Crippen LogP contribution in [0.2, 0.25) is 0 Å². The predicted octanol–water partition coefficient (Wildman–Crippen LogP) is 2.09. The summed E-state index contributed by atoms with van der Waals surface area (Å²) in [6, 6.07) is 10.7. The zero-order valence-electron chi connectivity index (χ0n) is 15.3. The summed E-state index contributed by atoms with van der Waals surface area (Å²) in [5, 5.41) is 8.67. The molecule has 1 spiro atoms. The number of hydroxylamine groups is 1. The van der Waals surface area contributed by atoms with Crippen molar-refractivity contribution in [3.63, 3.8) is 0 Å². The van der Waals surface area contributed by atoms with E-state index < -0.39 is 5.91 Å². The Kier molecular flexibility index (Phi) is 5.05. The molecule has 3 heterocycles. The first-order valence-corrected chi connectivity index (χ1v) is 9.45. The average molecular weight is 367 g/mol. The van der Waals surface area contributed by atoms with E-state index in [9.17, 15) is 4.79 Å². The molecule has 0 saturated carbocycles. The first-order chi connectivity index (χ1) is 13.2. The minimum atomic E-state index is -0.594. The summed E-state index contributed by atoms with van der Waals surface area (Å²) < 4.78 is 0. The second-order valence-electron chi connectivity index (χ2n) is 7.65. The number of piperidine rings is 1. The van der Waals surface area contributed by atoms with E-state index in [0.717, 1.165) is 45.6 Å². The zero-order valence-corrected chi connectivity index (χ0v) is 15.3. The van der Waals surface area contributed by atoms with Crippen LogP contribution in [0.5, 0.6) is 0 Å². The molecule has 1 aromatic carbocycles. The van der Waals surface area contributed by atoms with Gasteiger partial charge in [0, 0.05) is 38.6 Å². The van der Waals surface area contributed by atoms with E-state index >= 15 is 0 Å². The van der Waals surface area contributed by atoms with Gasteiger partial charge in [-0.05, 0) is 36.8 Å². The third-order valence-electron chi connectivity index (χ3n) is 5.88. The molecular weight excluding hydrogens is 342 g/mol. The van der Waals surface area contributed by atoms with E-state index in [0.29, 0.717) is 11.4 Å². The third-order valence-corrected chi connectivity index (χ3v) is 5.88. The second kappa shape index (κ2) is 7.62. The molecule has 0 unspecified atom stereocenters. The number of hydrogen-bond donors (Lipinski definition) is 2. The van der Waals surface area contributed by atoms with Gasteiger partial charge in [0.1, 0.15) is 0 Å². The molecule has 2 aliphatic heterocycles. The summed E-state index contributed by atoms with van der Waals surface area (Å²) in [6.45, 7) is 5.22. The van der Waals surface area contributed by atoms with Crippen LogP contribution in [0.1, 0.15) is 35.2 Å². The minimum absolute atomic E-state index is 0.252. The molecule has 1 amide bonds. The Hall–Kier alpha value is -2.51. The highest BCUT2D eigenvalue weighted by Gasteiger charge is 2.40. The fraction of sp³-hybridized carbons (Fsp3) is 0.450. The second-order valence-corrected chi connectivity index (χ2v) is 7.65. The summed E-state index contributed by atoms with van der Waals surface area (Å²) in [5.74, 6) is 0.0575. The Labute approximate surface area is 159 Å². The molecule has 0 bridgehead atoms. The Morgan fingerprint density at radius 3 is 2.41 bits per heavy atom. The monoisotopic (exact) mass is 367 g/mol. The molecule has 2 aromatic rings. The smallest absolute Gasteiger partial charge is 0.277 e. The van der Waals surface area contributed by atoms with Crippen LogP contribution < -0.4 is 10.4 Å². The van der Waals surface area contributed by atoms with Crippen molar-refractivity contribution in [2.45, 2.75) is 25.8 Å². The van der Waals surface area contributed by atoms with Crippen LogP contribution in [-0.2, 0) is 6.54 Å². The van der Waals surface area contributed by atoms with Crippen LogP contribution in [0, 0.1) is 5.41 Å². The van der Waals surface area contributed by atoms with E-state index in [1.54, 1.807) is 5.48 Å². The lowest BCUT2D eigenvalue weighted by Crippen LogP contribution is -2.42. The van der Waals surface area contributed by atoms with E-state index in [4.69, 9.17) is 5.21 Å². The van der Waals surface area contributed by atoms with Gasteiger partial charge in [-0.15, -0.1) is 0 Å². The van der Waals surface area contributed by atoms with Gasteiger partial charge in [-0.2, -0.15) is 0 Å². The molecule has 1 aromatic heterocycles. The normalized spacial score (nSPS) is 19.4. The first-order valence-electron chi connectivity index (χ1n) is 9.45. The molecule has 27 heavy (non-hydrogen) atoms. The van der Waals surface area contributed by atoms with Crippen molar-refractivity contribution in [2.75, 3.05) is 31.1 Å². The number of nitrogens with zero attached hydrogens (tertiary/aromatic N) is 4. The van der Waals surface area contributed by atoms with Crippen LogP contribution >= 0.6 is 0 Å². The van der Waals surface area contributed by atoms with Gasteiger partial charge in [-0.1, -0.05) is 30.3 Å². The van der Waals surface area contributed by atoms with E-state index in [1.165, 1.54) is 24.4 Å². The Morgan fingerprint density at radius 2 is 1.74 bits per heavy atom. The highest BCUT2D eigenvalue weighted by molar-refractivity contribution is 5.92. The number of carbonyl (C=O) groups excluding carboxylic acids is 1. The third kappa shape index (κ3) is 3.94. The first kappa shape index (κ1) is 17.9. The molecule has 2 fully saturated rings. The molecule has 7 heteroatoms. The standard InChI is InChI=1S/C20H25N5O2/c26-18(23-27)17-12-21-19(22-13-17)25-10-7-20(8-11-25)6-9-24(15-20)14-16-4-2-1-3-5-16/h1-5,12-13,27H,6-11,14-15H2,(H,23,26). The number of anilines is 1. The van der Waals surface area contributed by atoms with Crippen LogP contribution in [0.15, 0.2) is 42.7 Å². The van der Waals surface area contributed by atoms with Crippen molar-refractivity contribution in [3.8, 4) is 0 Å². The van der Waals surface area contributed by atoms with Crippen LogP contribution in [0.25, 0.3) is 0 Å². The number of carbonyl (C=O) groups is 1. The maximum Gasteiger partial charge on any atom is 0.277 e. The van der Waals surface area contributed by atoms with Gasteiger partial charge in [0.05, 0.1) is 5.56 Å². The lowest BCUT2D eigenvalue weighted by molar-refractivity contribution is 0.0705. The largest absolute Gasteiger partial charge is 0.341 e. The molecule has 2 aliphatic rings. The van der Waals surface area contributed by atoms with Crippen LogP contribution in [-0.4, -0.2) is 52.2 Å². The van der Waals surface area contributed by atoms with Gasteiger partial charge < -0.3 is 4.90 Å². The summed E-state index contributed by atoms with van der Waals surface area (Å²) in [4.78, 5) is 24.7. The molecule has 0 radical (unpaired) electrons. The molecule has 2 N–H and O–H groups in total. The predicted molar refractivity (Wildman–Crippen MR) is 102 cm³/mol. The van der Waals surface area contributed by atoms with E-state index in [-0.39, 0.29) is 5.56 Å². The number of benzene rings is 1. The highest BCUT2D eigenvalue weighted by atomic mass is 16.5.